The van der Waals surface area contributed by atoms with Crippen LogP contribution in [0.5, 0.6) is 0 Å². The highest BCUT2D eigenvalue weighted by atomic mass is 79.9. The molecule has 0 aromatic carbocycles. The van der Waals surface area contributed by atoms with Crippen molar-refractivity contribution in [1.29, 1.82) is 0 Å². The number of aliphatic hydroxyl groups is 1. The van der Waals surface area contributed by atoms with Crippen molar-refractivity contribution < 1.29 is 14.6 Å². The zero-order chi connectivity index (χ0) is 24.0. The quantitative estimate of drug-likeness (QED) is 0.379. The van der Waals surface area contributed by atoms with Gasteiger partial charge in [0.25, 0.3) is 0 Å². The highest BCUT2D eigenvalue weighted by Crippen LogP contribution is 2.52. The molecule has 2 heterocycles. The lowest BCUT2D eigenvalue weighted by molar-refractivity contribution is 0.0114. The minimum absolute atomic E-state index is 0.533. The van der Waals surface area contributed by atoms with Crippen LogP contribution >= 0.6 is 31.9 Å². The van der Waals surface area contributed by atoms with Crippen LogP contribution in [0.3, 0.4) is 0 Å². The number of fused-ring (bicyclic) bond motifs is 3. The Balaban J connectivity index is 1.94. The second kappa shape index (κ2) is 12.2. The molecule has 0 fully saturated rings. The summed E-state index contributed by atoms with van der Waals surface area (Å²) in [6.07, 6.45) is 4.08. The van der Waals surface area contributed by atoms with Crippen LogP contribution in [0.2, 0.25) is 0 Å². The van der Waals surface area contributed by atoms with Crippen LogP contribution in [-0.2, 0) is 14.9 Å². The molecule has 1 aliphatic carbocycles. The van der Waals surface area contributed by atoms with Crippen LogP contribution in [-0.4, -0.2) is 92.6 Å². The minimum atomic E-state index is -0.754. The van der Waals surface area contributed by atoms with Crippen LogP contribution in [0, 0.1) is 0 Å². The molecule has 0 saturated heterocycles. The number of likely N-dealkylation sites (N-methyl/N-ethyl adjacent to an activating group) is 2. The molecule has 0 saturated carbocycles. The van der Waals surface area contributed by atoms with E-state index in [0.717, 1.165) is 44.5 Å². The van der Waals surface area contributed by atoms with Gasteiger partial charge >= 0.3 is 0 Å². The van der Waals surface area contributed by atoms with Crippen LogP contribution in [0.1, 0.15) is 30.1 Å². The lowest BCUT2D eigenvalue weighted by Gasteiger charge is -2.43. The summed E-state index contributed by atoms with van der Waals surface area (Å²) in [5.41, 5.74) is 2.71. The monoisotopic (exact) mass is 584 g/mol. The largest absolute Gasteiger partial charge is 0.387 e. The van der Waals surface area contributed by atoms with Gasteiger partial charge in [0.2, 0.25) is 0 Å². The second-order valence-electron chi connectivity index (χ2n) is 9.03. The van der Waals surface area contributed by atoms with Gasteiger partial charge in [-0.2, -0.15) is 0 Å². The van der Waals surface area contributed by atoms with Gasteiger partial charge in [0.15, 0.2) is 0 Å². The van der Waals surface area contributed by atoms with Crippen molar-refractivity contribution in [3.63, 3.8) is 0 Å². The predicted molar refractivity (Wildman–Crippen MR) is 137 cm³/mol. The van der Waals surface area contributed by atoms with Gasteiger partial charge in [-0.3, -0.25) is 9.97 Å². The van der Waals surface area contributed by atoms with Crippen molar-refractivity contribution in [2.45, 2.75) is 24.4 Å². The maximum atomic E-state index is 11.8. The number of hydrogen-bond donors (Lipinski definition) is 1. The molecule has 1 unspecified atom stereocenters. The molecule has 9 heteroatoms. The minimum Gasteiger partial charge on any atom is -0.387 e. The lowest BCUT2D eigenvalue weighted by Crippen LogP contribution is -2.40. The molecule has 2 aromatic heterocycles. The topological polar surface area (TPSA) is 71.0 Å². The van der Waals surface area contributed by atoms with E-state index in [1.165, 1.54) is 0 Å². The lowest BCUT2D eigenvalue weighted by atomic mass is 9.64. The first-order chi connectivity index (χ1) is 15.7. The van der Waals surface area contributed by atoms with Crippen molar-refractivity contribution >= 4 is 31.9 Å². The van der Waals surface area contributed by atoms with E-state index in [1.54, 1.807) is 12.4 Å². The number of ether oxygens (including phenoxy) is 2. The molecular weight excluding hydrogens is 552 g/mol. The summed E-state index contributed by atoms with van der Waals surface area (Å²) in [4.78, 5) is 13.5. The molecule has 33 heavy (non-hydrogen) atoms. The molecule has 0 spiro atoms. The van der Waals surface area contributed by atoms with E-state index >= 15 is 0 Å². The molecule has 1 N–H and O–H groups in total. The van der Waals surface area contributed by atoms with Gasteiger partial charge in [-0.05, 0) is 90.6 Å². The Hall–Kier alpha value is -0.940. The van der Waals surface area contributed by atoms with Gasteiger partial charge in [-0.1, -0.05) is 0 Å². The van der Waals surface area contributed by atoms with E-state index in [2.05, 4.69) is 52.7 Å². The van der Waals surface area contributed by atoms with Gasteiger partial charge in [0.05, 0.1) is 30.7 Å². The van der Waals surface area contributed by atoms with Crippen LogP contribution < -0.4 is 0 Å². The first-order valence-corrected chi connectivity index (χ1v) is 12.8. The highest BCUT2D eigenvalue weighted by molar-refractivity contribution is 9.10. The summed E-state index contributed by atoms with van der Waals surface area (Å²) in [5.74, 6) is 0. The number of aliphatic hydroxyl groups excluding tert-OH is 1. The Morgan fingerprint density at radius 1 is 0.848 bits per heavy atom. The van der Waals surface area contributed by atoms with E-state index < -0.39 is 11.5 Å². The summed E-state index contributed by atoms with van der Waals surface area (Å²) < 4.78 is 13.7. The standard InChI is InChI=1S/C24H34Br2N4O3/c1-29(2)7-11-32-9-5-24(6-10-33-12-8-30(3)4)20-14-18(26)16-28-22(20)21-19(23(24)31)13-17(25)15-27-21/h13-16,23,31H,5-12H2,1-4H3. The summed E-state index contributed by atoms with van der Waals surface area (Å²) in [6, 6.07) is 4.02. The number of rotatable bonds is 12. The van der Waals surface area contributed by atoms with Crippen LogP contribution in [0.25, 0.3) is 11.4 Å². The van der Waals surface area contributed by atoms with Crippen molar-refractivity contribution in [3.05, 3.63) is 44.6 Å². The van der Waals surface area contributed by atoms with Gasteiger partial charge < -0.3 is 24.4 Å². The van der Waals surface area contributed by atoms with Crippen LogP contribution in [0.15, 0.2) is 33.5 Å². The fourth-order valence-electron chi connectivity index (χ4n) is 4.19. The average Bonchev–Trinajstić information content (AvgIpc) is 2.76. The molecule has 3 rings (SSSR count). The third-order valence-electron chi connectivity index (χ3n) is 6.07. The van der Waals surface area contributed by atoms with Crippen molar-refractivity contribution in [2.75, 3.05) is 67.7 Å². The Morgan fingerprint density at radius 3 is 1.91 bits per heavy atom. The highest BCUT2D eigenvalue weighted by Gasteiger charge is 2.47. The summed E-state index contributed by atoms with van der Waals surface area (Å²) in [6.45, 7) is 4.06. The summed E-state index contributed by atoms with van der Waals surface area (Å²) in [5, 5.41) is 11.8. The molecule has 182 valence electrons. The molecule has 1 aliphatic rings. The van der Waals surface area contributed by atoms with Gasteiger partial charge in [-0.25, -0.2) is 0 Å². The number of pyridine rings is 2. The zero-order valence-corrected chi connectivity index (χ0v) is 23.0. The van der Waals surface area contributed by atoms with Gasteiger partial charge in [0, 0.05) is 58.6 Å². The molecule has 0 bridgehead atoms. The number of nitrogens with zero attached hydrogens (tertiary/aromatic N) is 4. The number of aromatic nitrogens is 2. The Bertz CT molecular complexity index is 909. The third kappa shape index (κ3) is 6.60. The fourth-order valence-corrected chi connectivity index (χ4v) is 4.87. The first kappa shape index (κ1) is 26.7. The van der Waals surface area contributed by atoms with E-state index in [4.69, 9.17) is 14.5 Å². The molecule has 1 atom stereocenters. The Morgan fingerprint density at radius 2 is 1.36 bits per heavy atom. The summed E-state index contributed by atoms with van der Waals surface area (Å²) >= 11 is 7.11. The van der Waals surface area contributed by atoms with Crippen molar-refractivity contribution in [2.24, 2.45) is 0 Å². The van der Waals surface area contributed by atoms with Gasteiger partial charge in [-0.15, -0.1) is 0 Å². The molecule has 0 radical (unpaired) electrons. The smallest absolute Gasteiger partial charge is 0.0948 e. The Labute approximate surface area is 213 Å². The Kier molecular flexibility index (Phi) is 9.82. The predicted octanol–water partition coefficient (Wildman–Crippen LogP) is 3.89. The molecular formula is C24H34Br2N4O3. The fraction of sp³-hybridized carbons (Fsp3) is 0.583. The maximum Gasteiger partial charge on any atom is 0.0948 e. The first-order valence-electron chi connectivity index (χ1n) is 11.2. The SMILES string of the molecule is CN(C)CCOCCC1(CCOCCN(C)C)c2cc(Br)cnc2-c2ncc(Br)cc2C1O. The maximum absolute atomic E-state index is 11.8. The van der Waals surface area contributed by atoms with E-state index in [1.807, 2.05) is 34.3 Å². The third-order valence-corrected chi connectivity index (χ3v) is 6.93. The molecule has 0 aliphatic heterocycles. The molecule has 0 amide bonds. The molecule has 7 nitrogen and oxygen atoms in total. The van der Waals surface area contributed by atoms with Gasteiger partial charge in [0.1, 0.15) is 0 Å². The normalized spacial score (nSPS) is 16.8. The zero-order valence-electron chi connectivity index (χ0n) is 19.9. The number of hydrogen-bond acceptors (Lipinski definition) is 7. The van der Waals surface area contributed by atoms with E-state index in [9.17, 15) is 5.11 Å². The average molecular weight is 586 g/mol. The summed E-state index contributed by atoms with van der Waals surface area (Å²) in [7, 11) is 8.12. The van der Waals surface area contributed by atoms with E-state index in [-0.39, 0.29) is 0 Å². The number of halogens is 2. The van der Waals surface area contributed by atoms with Crippen LogP contribution in [0.4, 0.5) is 0 Å². The second-order valence-corrected chi connectivity index (χ2v) is 10.9. The van der Waals surface area contributed by atoms with Crippen molar-refractivity contribution in [3.8, 4) is 11.4 Å². The van der Waals surface area contributed by atoms with E-state index in [0.29, 0.717) is 39.3 Å². The molecule has 2 aromatic rings. The van der Waals surface area contributed by atoms with Crippen molar-refractivity contribution in [1.82, 2.24) is 19.8 Å².